The van der Waals surface area contributed by atoms with Crippen LogP contribution in [0.5, 0.6) is 0 Å². The highest BCUT2D eigenvalue weighted by molar-refractivity contribution is 6.13. The summed E-state index contributed by atoms with van der Waals surface area (Å²) in [7, 11) is 0. The van der Waals surface area contributed by atoms with Gasteiger partial charge in [-0.15, -0.1) is 0 Å². The van der Waals surface area contributed by atoms with Gasteiger partial charge in [-0.25, -0.2) is 4.98 Å². The van der Waals surface area contributed by atoms with Crippen LogP contribution in [0.1, 0.15) is 31.7 Å². The third kappa shape index (κ3) is 2.00. The van der Waals surface area contributed by atoms with E-state index in [1.54, 1.807) is 0 Å². The average molecular weight is 324 g/mol. The fourth-order valence-electron chi connectivity index (χ4n) is 3.87. The lowest BCUT2D eigenvalue weighted by Crippen LogP contribution is -1.95. The van der Waals surface area contributed by atoms with Gasteiger partial charge in [-0.1, -0.05) is 56.3 Å². The Balaban J connectivity index is 2.06. The van der Waals surface area contributed by atoms with Crippen molar-refractivity contribution < 1.29 is 0 Å². The number of aromatic nitrogens is 2. The van der Waals surface area contributed by atoms with Gasteiger partial charge in [0.1, 0.15) is 5.65 Å². The standard InChI is InChI=1S/C23H20N2/c1-3-15(2)16-12-13-17-18-8-4-6-10-21(18)25-22-11-7-5-9-20(22)24-23(25)19(17)14-16/h4-15H,3H2,1-2H3. The summed E-state index contributed by atoms with van der Waals surface area (Å²) in [5, 5.41) is 3.81. The number of hydrogen-bond acceptors (Lipinski definition) is 1. The van der Waals surface area contributed by atoms with Crippen molar-refractivity contribution in [1.82, 2.24) is 9.38 Å². The highest BCUT2D eigenvalue weighted by Gasteiger charge is 2.14. The summed E-state index contributed by atoms with van der Waals surface area (Å²) in [6.45, 7) is 4.54. The second-order valence-electron chi connectivity index (χ2n) is 6.89. The average Bonchev–Trinajstić information content (AvgIpc) is 3.07. The smallest absolute Gasteiger partial charge is 0.146 e. The molecule has 3 aromatic carbocycles. The van der Waals surface area contributed by atoms with E-state index in [0.29, 0.717) is 5.92 Å². The molecule has 2 aromatic heterocycles. The molecule has 2 heteroatoms. The highest BCUT2D eigenvalue weighted by atomic mass is 15.0. The Morgan fingerprint density at radius 3 is 2.44 bits per heavy atom. The molecular formula is C23H20N2. The van der Waals surface area contributed by atoms with Crippen LogP contribution in [0.4, 0.5) is 0 Å². The Bertz CT molecular complexity index is 1250. The van der Waals surface area contributed by atoms with Crippen LogP contribution in [0.2, 0.25) is 0 Å². The first kappa shape index (κ1) is 14.5. The van der Waals surface area contributed by atoms with Crippen LogP contribution in [0.3, 0.4) is 0 Å². The fraction of sp³-hybridized carbons (Fsp3) is 0.174. The monoisotopic (exact) mass is 324 g/mol. The summed E-state index contributed by atoms with van der Waals surface area (Å²) in [5.41, 5.74) is 5.88. The van der Waals surface area contributed by atoms with E-state index in [0.717, 1.165) is 17.6 Å². The Morgan fingerprint density at radius 1 is 0.840 bits per heavy atom. The molecule has 0 radical (unpaired) electrons. The van der Waals surface area contributed by atoms with Crippen LogP contribution in [0.25, 0.3) is 38.4 Å². The van der Waals surface area contributed by atoms with Crippen molar-refractivity contribution in [3.63, 3.8) is 0 Å². The lowest BCUT2D eigenvalue weighted by molar-refractivity contribution is 0.735. The Kier molecular flexibility index (Phi) is 3.08. The lowest BCUT2D eigenvalue weighted by Gasteiger charge is -2.13. The summed E-state index contributed by atoms with van der Waals surface area (Å²) in [4.78, 5) is 4.98. The molecule has 122 valence electrons. The van der Waals surface area contributed by atoms with Crippen molar-refractivity contribution in [2.24, 2.45) is 0 Å². The topological polar surface area (TPSA) is 17.3 Å². The molecule has 25 heavy (non-hydrogen) atoms. The largest absolute Gasteiger partial charge is 0.292 e. The first-order chi connectivity index (χ1) is 12.3. The van der Waals surface area contributed by atoms with Gasteiger partial charge in [0, 0.05) is 10.8 Å². The number of nitrogens with zero attached hydrogens (tertiary/aromatic N) is 2. The molecule has 1 atom stereocenters. The van der Waals surface area contributed by atoms with Crippen molar-refractivity contribution in [3.8, 4) is 0 Å². The van der Waals surface area contributed by atoms with E-state index in [1.807, 2.05) is 0 Å². The maximum Gasteiger partial charge on any atom is 0.146 e. The zero-order valence-electron chi connectivity index (χ0n) is 14.5. The summed E-state index contributed by atoms with van der Waals surface area (Å²) in [6.07, 6.45) is 1.14. The summed E-state index contributed by atoms with van der Waals surface area (Å²) < 4.78 is 2.31. The van der Waals surface area contributed by atoms with Crippen molar-refractivity contribution in [1.29, 1.82) is 0 Å². The van der Waals surface area contributed by atoms with E-state index in [1.165, 1.54) is 32.8 Å². The van der Waals surface area contributed by atoms with E-state index < -0.39 is 0 Å². The number of fused-ring (bicyclic) bond motifs is 8. The molecule has 0 saturated carbocycles. The van der Waals surface area contributed by atoms with Gasteiger partial charge in [0.15, 0.2) is 0 Å². The second-order valence-corrected chi connectivity index (χ2v) is 6.89. The molecule has 0 aliphatic heterocycles. The number of pyridine rings is 1. The van der Waals surface area contributed by atoms with Gasteiger partial charge < -0.3 is 0 Å². The lowest BCUT2D eigenvalue weighted by atomic mass is 9.95. The highest BCUT2D eigenvalue weighted by Crippen LogP contribution is 2.34. The second kappa shape index (κ2) is 5.32. The minimum atomic E-state index is 0.556. The molecule has 2 heterocycles. The molecule has 0 saturated heterocycles. The normalized spacial score (nSPS) is 13.2. The number of imidazole rings is 1. The van der Waals surface area contributed by atoms with Crippen LogP contribution >= 0.6 is 0 Å². The van der Waals surface area contributed by atoms with Crippen molar-refractivity contribution >= 4 is 38.4 Å². The first-order valence-corrected chi connectivity index (χ1v) is 8.99. The van der Waals surface area contributed by atoms with Gasteiger partial charge in [0.2, 0.25) is 0 Å². The number of hydrogen-bond donors (Lipinski definition) is 0. The minimum absolute atomic E-state index is 0.556. The summed E-state index contributed by atoms with van der Waals surface area (Å²) in [6, 6.07) is 23.9. The van der Waals surface area contributed by atoms with Gasteiger partial charge in [0.25, 0.3) is 0 Å². The number of rotatable bonds is 2. The molecular weight excluding hydrogens is 304 g/mol. The molecule has 0 amide bonds. The third-order valence-electron chi connectivity index (χ3n) is 5.46. The van der Waals surface area contributed by atoms with Crippen LogP contribution in [-0.2, 0) is 0 Å². The fourth-order valence-corrected chi connectivity index (χ4v) is 3.87. The van der Waals surface area contributed by atoms with Crippen molar-refractivity contribution in [2.45, 2.75) is 26.2 Å². The number of para-hydroxylation sites is 3. The Morgan fingerprint density at radius 2 is 1.60 bits per heavy atom. The Hall–Kier alpha value is -2.87. The molecule has 0 spiro atoms. The van der Waals surface area contributed by atoms with Crippen LogP contribution in [-0.4, -0.2) is 9.38 Å². The van der Waals surface area contributed by atoms with Gasteiger partial charge in [-0.05, 0) is 47.6 Å². The predicted molar refractivity (Wildman–Crippen MR) is 106 cm³/mol. The summed E-state index contributed by atoms with van der Waals surface area (Å²) >= 11 is 0. The SMILES string of the molecule is CCC(C)c1ccc2c3ccccc3n3c4ccccc4nc3c2c1. The molecule has 5 rings (SSSR count). The maximum atomic E-state index is 4.98. The first-order valence-electron chi connectivity index (χ1n) is 8.99. The molecule has 0 fully saturated rings. The molecule has 5 aromatic rings. The zero-order valence-corrected chi connectivity index (χ0v) is 14.5. The Labute approximate surface area is 146 Å². The van der Waals surface area contributed by atoms with Gasteiger partial charge >= 0.3 is 0 Å². The van der Waals surface area contributed by atoms with E-state index in [2.05, 4.69) is 85.0 Å². The maximum absolute atomic E-state index is 4.98. The van der Waals surface area contributed by atoms with E-state index in [4.69, 9.17) is 4.98 Å². The van der Waals surface area contributed by atoms with Crippen LogP contribution in [0.15, 0.2) is 66.7 Å². The van der Waals surface area contributed by atoms with Gasteiger partial charge in [-0.2, -0.15) is 0 Å². The molecule has 0 bridgehead atoms. The quantitative estimate of drug-likeness (QED) is 0.348. The van der Waals surface area contributed by atoms with Crippen molar-refractivity contribution in [3.05, 3.63) is 72.3 Å². The van der Waals surface area contributed by atoms with Crippen molar-refractivity contribution in [2.75, 3.05) is 0 Å². The van der Waals surface area contributed by atoms with Crippen LogP contribution < -0.4 is 0 Å². The van der Waals surface area contributed by atoms with E-state index in [-0.39, 0.29) is 0 Å². The third-order valence-corrected chi connectivity index (χ3v) is 5.46. The minimum Gasteiger partial charge on any atom is -0.292 e. The van der Waals surface area contributed by atoms with Crippen LogP contribution in [0, 0.1) is 0 Å². The molecule has 0 aliphatic rings. The van der Waals surface area contributed by atoms with E-state index >= 15 is 0 Å². The van der Waals surface area contributed by atoms with Gasteiger partial charge in [-0.3, -0.25) is 4.40 Å². The summed E-state index contributed by atoms with van der Waals surface area (Å²) in [5.74, 6) is 0.556. The van der Waals surface area contributed by atoms with E-state index in [9.17, 15) is 0 Å². The van der Waals surface area contributed by atoms with Gasteiger partial charge in [0.05, 0.1) is 16.6 Å². The number of benzene rings is 3. The molecule has 1 unspecified atom stereocenters. The molecule has 0 aliphatic carbocycles. The zero-order chi connectivity index (χ0) is 17.0. The molecule has 0 N–H and O–H groups in total. The predicted octanol–water partition coefficient (Wildman–Crippen LogP) is 6.31. The molecule has 2 nitrogen and oxygen atoms in total.